The summed E-state index contributed by atoms with van der Waals surface area (Å²) in [4.78, 5) is 22.5. The van der Waals surface area contributed by atoms with E-state index in [4.69, 9.17) is 5.11 Å². The highest BCUT2D eigenvalue weighted by Gasteiger charge is 2.57. The number of carboxylic acid groups (broad SMARTS) is 1. The summed E-state index contributed by atoms with van der Waals surface area (Å²) < 4.78 is 0. The van der Waals surface area contributed by atoms with Crippen molar-refractivity contribution in [1.29, 1.82) is 0 Å². The molecule has 144 valence electrons. The summed E-state index contributed by atoms with van der Waals surface area (Å²) in [6.07, 6.45) is 7.19. The fourth-order valence-electron chi connectivity index (χ4n) is 4.97. The van der Waals surface area contributed by atoms with Crippen LogP contribution in [0.3, 0.4) is 0 Å². The Morgan fingerprint density at radius 2 is 1.24 bits per heavy atom. The number of carbonyl (C=O) groups is 2. The molecule has 0 aromatic heterocycles. The molecule has 0 heterocycles. The number of aliphatic carboxylic acids is 1. The molecule has 0 aliphatic heterocycles. The number of hydrogen-bond acceptors (Lipinski definition) is 4. The van der Waals surface area contributed by atoms with Crippen LogP contribution in [-0.4, -0.2) is 42.0 Å². The molecule has 25 heavy (non-hydrogen) atoms. The summed E-state index contributed by atoms with van der Waals surface area (Å²) in [6.45, 7) is 5.96. The third-order valence-corrected chi connectivity index (χ3v) is 6.80. The van der Waals surface area contributed by atoms with Crippen molar-refractivity contribution in [3.05, 3.63) is 0 Å². The Labute approximate surface area is 152 Å². The summed E-state index contributed by atoms with van der Waals surface area (Å²) in [5.74, 6) is 2.89. The van der Waals surface area contributed by atoms with E-state index in [0.717, 1.165) is 37.5 Å². The van der Waals surface area contributed by atoms with E-state index in [0.29, 0.717) is 24.0 Å². The van der Waals surface area contributed by atoms with Crippen molar-refractivity contribution in [3.8, 4) is 0 Å². The highest BCUT2D eigenvalue weighted by molar-refractivity contribution is 5.88. The quantitative estimate of drug-likeness (QED) is 0.709. The van der Waals surface area contributed by atoms with E-state index in [-0.39, 0.29) is 5.54 Å². The number of fused-ring (bicyclic) bond motifs is 2. The van der Waals surface area contributed by atoms with Crippen molar-refractivity contribution in [2.75, 3.05) is 14.1 Å². The van der Waals surface area contributed by atoms with Gasteiger partial charge in [-0.1, -0.05) is 20.8 Å². The molecule has 4 rings (SSSR count). The van der Waals surface area contributed by atoms with Crippen LogP contribution in [0.5, 0.6) is 0 Å². The normalized spacial score (nSPS) is 42.1. The van der Waals surface area contributed by atoms with Crippen LogP contribution >= 0.6 is 0 Å². The summed E-state index contributed by atoms with van der Waals surface area (Å²) in [7, 11) is 3.68. The minimum Gasteiger partial charge on any atom is -0.480 e. The Morgan fingerprint density at radius 3 is 1.48 bits per heavy atom. The molecule has 0 amide bonds. The maximum atomic E-state index is 11.7. The Bertz CT molecular complexity index is 485. The number of carboxylic acids is 1. The monoisotopic (exact) mass is 352 g/mol. The van der Waals surface area contributed by atoms with E-state index in [1.165, 1.54) is 12.8 Å². The molecule has 4 atom stereocenters. The summed E-state index contributed by atoms with van der Waals surface area (Å²) in [6, 6.07) is 0. The largest absolute Gasteiger partial charge is 0.480 e. The van der Waals surface area contributed by atoms with Crippen LogP contribution in [0.15, 0.2) is 0 Å². The fraction of sp³-hybridized carbons (Fsp3) is 0.900. The average molecular weight is 353 g/mol. The van der Waals surface area contributed by atoms with Crippen LogP contribution in [0.25, 0.3) is 0 Å². The van der Waals surface area contributed by atoms with Gasteiger partial charge in [-0.3, -0.25) is 9.59 Å². The van der Waals surface area contributed by atoms with Crippen LogP contribution in [0.1, 0.15) is 65.7 Å². The number of rotatable bonds is 5. The number of hydrogen-bond donors (Lipinski definition) is 3. The molecule has 4 fully saturated rings. The van der Waals surface area contributed by atoms with E-state index in [9.17, 15) is 9.59 Å². The second-order valence-corrected chi connectivity index (χ2v) is 8.07. The minimum absolute atomic E-state index is 0.123. The van der Waals surface area contributed by atoms with Crippen molar-refractivity contribution in [2.24, 2.45) is 23.7 Å². The SMILES string of the molecule is CC.CCC(=O)C1(NC)CC2CC2C1.CNC1(C(=O)O)CC2CC2C1. The molecule has 0 saturated heterocycles. The number of carbonyl (C=O) groups excluding carboxylic acids is 1. The van der Waals surface area contributed by atoms with Crippen LogP contribution in [0.4, 0.5) is 0 Å². The molecule has 5 heteroatoms. The van der Waals surface area contributed by atoms with Gasteiger partial charge in [-0.05, 0) is 76.3 Å². The third-order valence-electron chi connectivity index (χ3n) is 6.80. The second kappa shape index (κ2) is 7.75. The first kappa shape index (κ1) is 20.4. The third kappa shape index (κ3) is 3.92. The van der Waals surface area contributed by atoms with Gasteiger partial charge in [-0.25, -0.2) is 0 Å². The predicted molar refractivity (Wildman–Crippen MR) is 99.5 cm³/mol. The summed E-state index contributed by atoms with van der Waals surface area (Å²) in [5, 5.41) is 15.1. The van der Waals surface area contributed by atoms with Crippen molar-refractivity contribution >= 4 is 11.8 Å². The van der Waals surface area contributed by atoms with Gasteiger partial charge in [0, 0.05) is 6.42 Å². The smallest absolute Gasteiger partial charge is 0.323 e. The Morgan fingerprint density at radius 1 is 0.880 bits per heavy atom. The Balaban J connectivity index is 0.000000165. The standard InChI is InChI=1S/C10H17NO.C8H13NO2.C2H6/c1-3-9(12)10(11-2)5-7-4-8(7)6-10;1-9-8(7(10)11)3-5-2-6(5)4-8;1-2/h7-8,11H,3-6H2,1-2H3;5-6,9H,2-4H2,1H3,(H,10,11);1-2H3. The highest BCUT2D eigenvalue weighted by atomic mass is 16.4. The zero-order chi connectivity index (χ0) is 18.8. The van der Waals surface area contributed by atoms with Gasteiger partial charge < -0.3 is 15.7 Å². The first-order valence-corrected chi connectivity index (χ1v) is 10.0. The van der Waals surface area contributed by atoms with Gasteiger partial charge in [0.1, 0.15) is 5.54 Å². The van der Waals surface area contributed by atoms with Crippen molar-refractivity contribution < 1.29 is 14.7 Å². The van der Waals surface area contributed by atoms with Crippen LogP contribution in [0, 0.1) is 23.7 Å². The van der Waals surface area contributed by atoms with Crippen molar-refractivity contribution in [2.45, 2.75) is 76.8 Å². The molecule has 0 aromatic rings. The van der Waals surface area contributed by atoms with Gasteiger partial charge >= 0.3 is 5.97 Å². The van der Waals surface area contributed by atoms with Gasteiger partial charge in [0.05, 0.1) is 5.54 Å². The molecule has 0 radical (unpaired) electrons. The average Bonchev–Trinajstić information content (AvgIpc) is 3.49. The van der Waals surface area contributed by atoms with Gasteiger partial charge in [0.15, 0.2) is 5.78 Å². The lowest BCUT2D eigenvalue weighted by atomic mass is 9.87. The molecule has 0 spiro atoms. The topological polar surface area (TPSA) is 78.4 Å². The zero-order valence-corrected chi connectivity index (χ0v) is 16.5. The lowest BCUT2D eigenvalue weighted by Gasteiger charge is -2.28. The molecule has 4 saturated carbocycles. The number of nitrogens with one attached hydrogen (secondary N) is 2. The minimum atomic E-state index is -0.674. The van der Waals surface area contributed by atoms with Gasteiger partial charge in [0.25, 0.3) is 0 Å². The lowest BCUT2D eigenvalue weighted by molar-refractivity contribution is -0.144. The van der Waals surface area contributed by atoms with Crippen LogP contribution in [0.2, 0.25) is 0 Å². The molecular weight excluding hydrogens is 316 g/mol. The Kier molecular flexibility index (Phi) is 6.31. The molecule has 0 bridgehead atoms. The zero-order valence-electron chi connectivity index (χ0n) is 16.5. The molecule has 0 aromatic carbocycles. The second-order valence-electron chi connectivity index (χ2n) is 8.07. The molecule has 4 aliphatic rings. The van der Waals surface area contributed by atoms with Crippen LogP contribution in [-0.2, 0) is 9.59 Å². The maximum absolute atomic E-state index is 11.7. The maximum Gasteiger partial charge on any atom is 0.323 e. The van der Waals surface area contributed by atoms with Gasteiger partial charge in [0.2, 0.25) is 0 Å². The van der Waals surface area contributed by atoms with Crippen molar-refractivity contribution in [1.82, 2.24) is 10.6 Å². The number of Topliss-reactive ketones (excluding diaryl/α,β-unsaturated/α-hetero) is 1. The first-order valence-electron chi connectivity index (χ1n) is 10.0. The first-order chi connectivity index (χ1) is 11.9. The van der Waals surface area contributed by atoms with Crippen molar-refractivity contribution in [3.63, 3.8) is 0 Å². The molecule has 4 unspecified atom stereocenters. The summed E-state index contributed by atoms with van der Waals surface area (Å²) in [5.41, 5.74) is -0.698. The van der Waals surface area contributed by atoms with Crippen LogP contribution < -0.4 is 10.6 Å². The van der Waals surface area contributed by atoms with E-state index in [1.807, 2.05) is 27.8 Å². The predicted octanol–water partition coefficient (Wildman–Crippen LogP) is 2.84. The van der Waals surface area contributed by atoms with E-state index in [1.54, 1.807) is 7.05 Å². The van der Waals surface area contributed by atoms with E-state index < -0.39 is 11.5 Å². The molecular formula is C20H36N2O3. The number of ketones is 1. The molecule has 4 aliphatic carbocycles. The van der Waals surface area contributed by atoms with Gasteiger partial charge in [-0.2, -0.15) is 0 Å². The van der Waals surface area contributed by atoms with E-state index in [2.05, 4.69) is 10.6 Å². The lowest BCUT2D eigenvalue weighted by Crippen LogP contribution is -2.48. The number of likely N-dealkylation sites (N-methyl/N-ethyl adjacent to an activating group) is 2. The van der Waals surface area contributed by atoms with Gasteiger partial charge in [-0.15, -0.1) is 0 Å². The highest BCUT2D eigenvalue weighted by Crippen LogP contribution is 2.56. The molecule has 5 nitrogen and oxygen atoms in total. The Hall–Kier alpha value is -0.940. The fourth-order valence-corrected chi connectivity index (χ4v) is 4.97. The molecule has 3 N–H and O–H groups in total. The van der Waals surface area contributed by atoms with E-state index >= 15 is 0 Å². The summed E-state index contributed by atoms with van der Waals surface area (Å²) >= 11 is 0.